The van der Waals surface area contributed by atoms with E-state index in [2.05, 4.69) is 4.98 Å². The molecule has 3 aromatic rings. The molecular formula is C18H16F3N3O3S. The first-order valence-corrected chi connectivity index (χ1v) is 9.14. The summed E-state index contributed by atoms with van der Waals surface area (Å²) in [6.07, 6.45) is -2.82. The molecule has 0 aliphatic rings. The molecule has 28 heavy (non-hydrogen) atoms. The summed E-state index contributed by atoms with van der Waals surface area (Å²) in [6.45, 7) is 1.71. The lowest BCUT2D eigenvalue weighted by Gasteiger charge is -2.15. The lowest BCUT2D eigenvalue weighted by atomic mass is 10.1. The van der Waals surface area contributed by atoms with Crippen molar-refractivity contribution >= 4 is 28.2 Å². The number of carbonyl (C=O) groups is 2. The number of esters is 1. The highest BCUT2D eigenvalue weighted by atomic mass is 32.1. The number of halogens is 3. The molecule has 6 nitrogen and oxygen atoms in total. The van der Waals surface area contributed by atoms with Gasteiger partial charge in [0.2, 0.25) is 0 Å². The van der Waals surface area contributed by atoms with Crippen LogP contribution in [0.5, 0.6) is 0 Å². The Morgan fingerprint density at radius 3 is 2.54 bits per heavy atom. The van der Waals surface area contributed by atoms with Gasteiger partial charge in [0, 0.05) is 24.2 Å². The maximum Gasteiger partial charge on any atom is 0.416 e. The zero-order chi connectivity index (χ0) is 20.5. The molecule has 1 amide bonds. The summed E-state index contributed by atoms with van der Waals surface area (Å²) in [5, 5.41) is 1.61. The minimum absolute atomic E-state index is 0.190. The summed E-state index contributed by atoms with van der Waals surface area (Å²) in [4.78, 5) is 30.3. The second-order valence-corrected chi connectivity index (χ2v) is 6.78. The number of thiazole rings is 1. The second-order valence-electron chi connectivity index (χ2n) is 5.94. The van der Waals surface area contributed by atoms with Crippen molar-refractivity contribution in [1.29, 1.82) is 0 Å². The summed E-state index contributed by atoms with van der Waals surface area (Å²) >= 11 is 1.22. The van der Waals surface area contributed by atoms with E-state index in [-0.39, 0.29) is 13.2 Å². The molecule has 0 radical (unpaired) electrons. The van der Waals surface area contributed by atoms with Crippen LogP contribution in [0.15, 0.2) is 35.8 Å². The third-order valence-corrected chi connectivity index (χ3v) is 4.79. The van der Waals surface area contributed by atoms with Gasteiger partial charge in [0.05, 0.1) is 17.9 Å². The van der Waals surface area contributed by atoms with Crippen LogP contribution in [0.2, 0.25) is 0 Å². The molecule has 10 heteroatoms. The van der Waals surface area contributed by atoms with Gasteiger partial charge in [-0.3, -0.25) is 14.0 Å². The Morgan fingerprint density at radius 1 is 1.25 bits per heavy atom. The summed E-state index contributed by atoms with van der Waals surface area (Å²) in [7, 11) is 1.48. The third kappa shape index (κ3) is 4.01. The van der Waals surface area contributed by atoms with E-state index in [0.717, 1.165) is 12.1 Å². The molecule has 148 valence electrons. The number of nitrogens with zero attached hydrogens (tertiary/aromatic N) is 3. The second kappa shape index (κ2) is 7.63. The van der Waals surface area contributed by atoms with E-state index < -0.39 is 23.6 Å². The number of carbonyl (C=O) groups excluding carboxylic acids is 2. The quantitative estimate of drug-likeness (QED) is 0.601. The predicted octanol–water partition coefficient (Wildman–Crippen LogP) is 3.72. The van der Waals surface area contributed by atoms with Gasteiger partial charge in [-0.15, -0.1) is 11.3 Å². The van der Waals surface area contributed by atoms with Gasteiger partial charge in [0.25, 0.3) is 5.91 Å². The van der Waals surface area contributed by atoms with Crippen LogP contribution in [0.25, 0.3) is 16.2 Å². The average molecular weight is 411 g/mol. The lowest BCUT2D eigenvalue weighted by Crippen LogP contribution is -2.33. The molecule has 2 heterocycles. The van der Waals surface area contributed by atoms with Crippen molar-refractivity contribution in [2.45, 2.75) is 13.1 Å². The van der Waals surface area contributed by atoms with Gasteiger partial charge in [-0.2, -0.15) is 13.2 Å². The van der Waals surface area contributed by atoms with Crippen molar-refractivity contribution in [3.8, 4) is 11.3 Å². The Labute approximate surface area is 162 Å². The third-order valence-electron chi connectivity index (χ3n) is 3.95. The number of alkyl halides is 3. The minimum atomic E-state index is -4.41. The number of fused-ring (bicyclic) bond motifs is 1. The molecule has 0 N–H and O–H groups in total. The maximum atomic E-state index is 12.7. The summed E-state index contributed by atoms with van der Waals surface area (Å²) in [5.74, 6) is -0.906. The molecule has 1 aromatic carbocycles. The molecule has 0 saturated heterocycles. The van der Waals surface area contributed by atoms with Crippen LogP contribution < -0.4 is 0 Å². The molecule has 3 rings (SSSR count). The van der Waals surface area contributed by atoms with Gasteiger partial charge in [-0.25, -0.2) is 4.98 Å². The van der Waals surface area contributed by atoms with E-state index in [0.29, 0.717) is 21.9 Å². The highest BCUT2D eigenvalue weighted by molar-refractivity contribution is 7.15. The van der Waals surface area contributed by atoms with Gasteiger partial charge >= 0.3 is 12.1 Å². The molecule has 0 saturated carbocycles. The number of benzene rings is 1. The SMILES string of the molecule is CCOC(=O)CN(C)C(=O)c1csc2nc(-c3ccc(C(F)(F)F)cc3)cn12. The number of aromatic nitrogens is 2. The Hall–Kier alpha value is -2.88. The molecule has 0 aliphatic heterocycles. The van der Waals surface area contributed by atoms with E-state index in [1.807, 2.05) is 0 Å². The van der Waals surface area contributed by atoms with Gasteiger partial charge in [-0.05, 0) is 19.1 Å². The van der Waals surface area contributed by atoms with Crippen LogP contribution >= 0.6 is 11.3 Å². The number of hydrogen-bond acceptors (Lipinski definition) is 5. The van der Waals surface area contributed by atoms with Gasteiger partial charge in [0.15, 0.2) is 4.96 Å². The molecule has 0 unspecified atom stereocenters. The Balaban J connectivity index is 1.85. The summed E-state index contributed by atoms with van der Waals surface area (Å²) < 4.78 is 44.5. The van der Waals surface area contributed by atoms with E-state index in [1.165, 1.54) is 35.4 Å². The van der Waals surface area contributed by atoms with E-state index in [4.69, 9.17) is 4.74 Å². The van der Waals surface area contributed by atoms with Gasteiger partial charge in [0.1, 0.15) is 12.2 Å². The normalized spacial score (nSPS) is 11.6. The monoisotopic (exact) mass is 411 g/mol. The fourth-order valence-corrected chi connectivity index (χ4v) is 3.42. The van der Waals surface area contributed by atoms with Crippen molar-refractivity contribution in [3.05, 3.63) is 47.1 Å². The Kier molecular flexibility index (Phi) is 5.41. The largest absolute Gasteiger partial charge is 0.465 e. The molecular weight excluding hydrogens is 395 g/mol. The summed E-state index contributed by atoms with van der Waals surface area (Å²) in [6, 6.07) is 4.65. The minimum Gasteiger partial charge on any atom is -0.465 e. The van der Waals surface area contributed by atoms with Gasteiger partial charge < -0.3 is 9.64 Å². The summed E-state index contributed by atoms with van der Waals surface area (Å²) in [5.41, 5.74) is 0.510. The van der Waals surface area contributed by atoms with Crippen LogP contribution in [-0.2, 0) is 15.7 Å². The highest BCUT2D eigenvalue weighted by Crippen LogP contribution is 2.31. The Bertz CT molecular complexity index is 1010. The average Bonchev–Trinajstić information content (AvgIpc) is 3.21. The lowest BCUT2D eigenvalue weighted by molar-refractivity contribution is -0.143. The molecule has 2 aromatic heterocycles. The fraction of sp³-hybridized carbons (Fsp3) is 0.278. The smallest absolute Gasteiger partial charge is 0.416 e. The predicted molar refractivity (Wildman–Crippen MR) is 97.1 cm³/mol. The Morgan fingerprint density at radius 2 is 1.93 bits per heavy atom. The van der Waals surface area contributed by atoms with E-state index in [9.17, 15) is 22.8 Å². The zero-order valence-electron chi connectivity index (χ0n) is 15.0. The number of hydrogen-bond donors (Lipinski definition) is 0. The topological polar surface area (TPSA) is 63.9 Å². The number of rotatable bonds is 5. The van der Waals surface area contributed by atoms with Crippen molar-refractivity contribution < 1.29 is 27.5 Å². The van der Waals surface area contributed by atoms with Crippen LogP contribution in [0.3, 0.4) is 0 Å². The van der Waals surface area contributed by atoms with Crippen molar-refractivity contribution in [3.63, 3.8) is 0 Å². The van der Waals surface area contributed by atoms with Crippen LogP contribution in [0, 0.1) is 0 Å². The van der Waals surface area contributed by atoms with Crippen molar-refractivity contribution in [2.24, 2.45) is 0 Å². The zero-order valence-corrected chi connectivity index (χ0v) is 15.8. The maximum absolute atomic E-state index is 12.7. The first-order chi connectivity index (χ1) is 13.2. The number of amides is 1. The number of ether oxygens (including phenoxy) is 1. The standard InChI is InChI=1S/C18H16F3N3O3S/c1-3-27-15(25)9-23(2)16(26)14-10-28-17-22-13(8-24(14)17)11-4-6-12(7-5-11)18(19,20)21/h4-8,10H,3,9H2,1-2H3. The van der Waals surface area contributed by atoms with Crippen LogP contribution in [-0.4, -0.2) is 46.4 Å². The van der Waals surface area contributed by atoms with Crippen molar-refractivity contribution in [1.82, 2.24) is 14.3 Å². The van der Waals surface area contributed by atoms with Crippen LogP contribution in [0.1, 0.15) is 23.0 Å². The first-order valence-electron chi connectivity index (χ1n) is 8.26. The molecule has 0 bridgehead atoms. The van der Waals surface area contributed by atoms with E-state index in [1.54, 1.807) is 22.9 Å². The van der Waals surface area contributed by atoms with E-state index >= 15 is 0 Å². The molecule has 0 spiro atoms. The number of imidazole rings is 1. The molecule has 0 atom stereocenters. The highest BCUT2D eigenvalue weighted by Gasteiger charge is 2.30. The van der Waals surface area contributed by atoms with Crippen molar-refractivity contribution in [2.75, 3.05) is 20.2 Å². The number of likely N-dealkylation sites (N-methyl/N-ethyl adjacent to an activating group) is 1. The molecule has 0 fully saturated rings. The molecule has 0 aliphatic carbocycles. The van der Waals surface area contributed by atoms with Gasteiger partial charge in [-0.1, -0.05) is 12.1 Å². The van der Waals surface area contributed by atoms with Crippen LogP contribution in [0.4, 0.5) is 13.2 Å². The first kappa shape index (κ1) is 19.9. The fourth-order valence-electron chi connectivity index (χ4n) is 2.57.